The van der Waals surface area contributed by atoms with Crippen LogP contribution < -0.4 is 0 Å². The Morgan fingerprint density at radius 2 is 1.88 bits per heavy atom. The van der Waals surface area contributed by atoms with Gasteiger partial charge in [0.2, 0.25) is 5.91 Å². The van der Waals surface area contributed by atoms with Crippen molar-refractivity contribution in [2.45, 2.75) is 13.0 Å². The van der Waals surface area contributed by atoms with E-state index in [2.05, 4.69) is 4.98 Å². The Labute approximate surface area is 150 Å². The van der Waals surface area contributed by atoms with Gasteiger partial charge in [0.15, 0.2) is 0 Å². The second kappa shape index (κ2) is 7.20. The number of nitrogens with zero attached hydrogens (tertiary/aromatic N) is 2. The summed E-state index contributed by atoms with van der Waals surface area (Å²) in [5.41, 5.74) is 2.74. The van der Waals surface area contributed by atoms with Crippen LogP contribution in [0.3, 0.4) is 0 Å². The fourth-order valence-corrected chi connectivity index (χ4v) is 2.93. The Morgan fingerprint density at radius 3 is 2.67 bits per heavy atom. The first kappa shape index (κ1) is 16.7. The van der Waals surface area contributed by atoms with E-state index in [-0.39, 0.29) is 5.91 Å². The molecule has 0 spiro atoms. The molecular weight excluding hydrogens is 343 g/mol. The number of fused-ring (bicyclic) bond motifs is 1. The summed E-state index contributed by atoms with van der Waals surface area (Å²) in [5.74, 6) is 0.0271. The molecule has 0 aliphatic carbocycles. The van der Waals surface area contributed by atoms with Gasteiger partial charge in [-0.1, -0.05) is 53.5 Å². The minimum absolute atomic E-state index is 0.0271. The number of pyridine rings is 1. The van der Waals surface area contributed by atoms with E-state index in [1.165, 1.54) is 0 Å². The van der Waals surface area contributed by atoms with Gasteiger partial charge in [0.1, 0.15) is 0 Å². The van der Waals surface area contributed by atoms with E-state index >= 15 is 0 Å². The molecule has 0 aliphatic rings. The van der Waals surface area contributed by atoms with Crippen LogP contribution in [-0.4, -0.2) is 22.8 Å². The third-order valence-corrected chi connectivity index (χ3v) is 4.63. The molecule has 3 rings (SSSR count). The van der Waals surface area contributed by atoms with Gasteiger partial charge in [-0.15, -0.1) is 0 Å². The highest BCUT2D eigenvalue weighted by Gasteiger charge is 2.13. The molecule has 0 atom stereocenters. The number of rotatable bonds is 4. The lowest BCUT2D eigenvalue weighted by Crippen LogP contribution is -2.27. The number of hydrogen-bond acceptors (Lipinski definition) is 2. The molecule has 0 saturated carbocycles. The van der Waals surface area contributed by atoms with Crippen molar-refractivity contribution in [3.05, 3.63) is 75.9 Å². The third kappa shape index (κ3) is 3.69. The van der Waals surface area contributed by atoms with Gasteiger partial charge in [-0.05, 0) is 29.3 Å². The first-order valence-electron chi connectivity index (χ1n) is 7.55. The predicted octanol–water partition coefficient (Wildman–Crippen LogP) is 4.74. The molecule has 0 radical (unpaired) electrons. The van der Waals surface area contributed by atoms with Gasteiger partial charge in [-0.25, -0.2) is 0 Å². The standard InChI is InChI=1S/C19H16Cl2N2O/c1-23(12-13-7-8-16(20)17(21)10-13)18(24)11-15-5-2-4-14-6-3-9-22-19(14)15/h2-10H,11-12H2,1H3. The lowest BCUT2D eigenvalue weighted by Gasteiger charge is -2.18. The van der Waals surface area contributed by atoms with Crippen LogP contribution in [0.4, 0.5) is 0 Å². The quantitative estimate of drug-likeness (QED) is 0.674. The second-order valence-corrected chi connectivity index (χ2v) is 6.48. The highest BCUT2D eigenvalue weighted by Crippen LogP contribution is 2.23. The molecule has 0 saturated heterocycles. The molecule has 0 bridgehead atoms. The predicted molar refractivity (Wildman–Crippen MR) is 98.4 cm³/mol. The van der Waals surface area contributed by atoms with Crippen LogP contribution in [0.25, 0.3) is 10.9 Å². The maximum Gasteiger partial charge on any atom is 0.227 e. The number of para-hydroxylation sites is 1. The molecule has 0 unspecified atom stereocenters. The van der Waals surface area contributed by atoms with Gasteiger partial charge >= 0.3 is 0 Å². The zero-order valence-electron chi connectivity index (χ0n) is 13.2. The normalized spacial score (nSPS) is 10.8. The summed E-state index contributed by atoms with van der Waals surface area (Å²) >= 11 is 12.0. The van der Waals surface area contributed by atoms with Crippen molar-refractivity contribution >= 4 is 40.0 Å². The average molecular weight is 359 g/mol. The first-order chi connectivity index (χ1) is 11.5. The molecule has 1 amide bonds. The van der Waals surface area contributed by atoms with Crippen molar-refractivity contribution < 1.29 is 4.79 Å². The number of carbonyl (C=O) groups excluding carboxylic acids is 1. The number of amides is 1. The van der Waals surface area contributed by atoms with Crippen molar-refractivity contribution in [1.29, 1.82) is 0 Å². The van der Waals surface area contributed by atoms with E-state index in [9.17, 15) is 4.79 Å². The number of benzene rings is 2. The van der Waals surface area contributed by atoms with E-state index in [1.807, 2.05) is 36.4 Å². The summed E-state index contributed by atoms with van der Waals surface area (Å²) in [5, 5.41) is 2.04. The number of likely N-dealkylation sites (N-methyl/N-ethyl adjacent to an activating group) is 1. The van der Waals surface area contributed by atoms with Crippen molar-refractivity contribution in [2.24, 2.45) is 0 Å². The lowest BCUT2D eigenvalue weighted by molar-refractivity contribution is -0.129. The smallest absolute Gasteiger partial charge is 0.227 e. The zero-order chi connectivity index (χ0) is 17.1. The molecule has 3 nitrogen and oxygen atoms in total. The molecule has 3 aromatic rings. The molecule has 122 valence electrons. The molecule has 0 aliphatic heterocycles. The van der Waals surface area contributed by atoms with Crippen LogP contribution in [0.1, 0.15) is 11.1 Å². The topological polar surface area (TPSA) is 33.2 Å². The van der Waals surface area contributed by atoms with E-state index in [1.54, 1.807) is 30.3 Å². The highest BCUT2D eigenvalue weighted by atomic mass is 35.5. The Balaban J connectivity index is 1.75. The van der Waals surface area contributed by atoms with E-state index in [4.69, 9.17) is 23.2 Å². The summed E-state index contributed by atoms with van der Waals surface area (Å²) in [7, 11) is 1.78. The van der Waals surface area contributed by atoms with Gasteiger partial charge in [0, 0.05) is 25.2 Å². The fraction of sp³-hybridized carbons (Fsp3) is 0.158. The van der Waals surface area contributed by atoms with E-state index in [0.29, 0.717) is 23.0 Å². The summed E-state index contributed by atoms with van der Waals surface area (Å²) in [6.07, 6.45) is 2.06. The number of carbonyl (C=O) groups is 1. The molecule has 0 N–H and O–H groups in total. The van der Waals surface area contributed by atoms with E-state index in [0.717, 1.165) is 22.0 Å². The largest absolute Gasteiger partial charge is 0.341 e. The van der Waals surface area contributed by atoms with E-state index < -0.39 is 0 Å². The monoisotopic (exact) mass is 358 g/mol. The number of halogens is 2. The fourth-order valence-electron chi connectivity index (χ4n) is 2.61. The summed E-state index contributed by atoms with van der Waals surface area (Å²) in [6, 6.07) is 15.2. The molecular formula is C19H16Cl2N2O. The summed E-state index contributed by atoms with van der Waals surface area (Å²) in [4.78, 5) is 18.6. The van der Waals surface area contributed by atoms with Gasteiger partial charge < -0.3 is 4.90 Å². The lowest BCUT2D eigenvalue weighted by atomic mass is 10.1. The number of aromatic nitrogens is 1. The zero-order valence-corrected chi connectivity index (χ0v) is 14.7. The van der Waals surface area contributed by atoms with Gasteiger partial charge in [0.05, 0.1) is 22.0 Å². The summed E-state index contributed by atoms with van der Waals surface area (Å²) < 4.78 is 0. The van der Waals surface area contributed by atoms with Crippen LogP contribution in [0.2, 0.25) is 10.0 Å². The molecule has 1 aromatic heterocycles. The van der Waals surface area contributed by atoms with Crippen LogP contribution in [0, 0.1) is 0 Å². The second-order valence-electron chi connectivity index (χ2n) is 5.67. The van der Waals surface area contributed by atoms with Crippen LogP contribution in [-0.2, 0) is 17.8 Å². The molecule has 1 heterocycles. The van der Waals surface area contributed by atoms with Gasteiger partial charge in [-0.2, -0.15) is 0 Å². The number of hydrogen-bond donors (Lipinski definition) is 0. The molecule has 2 aromatic carbocycles. The molecule has 5 heteroatoms. The molecule has 0 fully saturated rings. The van der Waals surface area contributed by atoms with Crippen LogP contribution in [0.15, 0.2) is 54.7 Å². The maximum absolute atomic E-state index is 12.6. The Hall–Kier alpha value is -2.10. The Morgan fingerprint density at radius 1 is 1.08 bits per heavy atom. The minimum atomic E-state index is 0.0271. The SMILES string of the molecule is CN(Cc1ccc(Cl)c(Cl)c1)C(=O)Cc1cccc2cccnc12. The summed E-state index contributed by atoms with van der Waals surface area (Å²) in [6.45, 7) is 0.480. The highest BCUT2D eigenvalue weighted by molar-refractivity contribution is 6.42. The average Bonchev–Trinajstić information content (AvgIpc) is 2.58. The van der Waals surface area contributed by atoms with Gasteiger partial charge in [-0.3, -0.25) is 9.78 Å². The van der Waals surface area contributed by atoms with Gasteiger partial charge in [0.25, 0.3) is 0 Å². The minimum Gasteiger partial charge on any atom is -0.341 e. The maximum atomic E-state index is 12.6. The Kier molecular flexibility index (Phi) is 5.03. The van der Waals surface area contributed by atoms with Crippen molar-refractivity contribution in [2.75, 3.05) is 7.05 Å². The molecule has 24 heavy (non-hydrogen) atoms. The first-order valence-corrected chi connectivity index (χ1v) is 8.30. The van der Waals surface area contributed by atoms with Crippen molar-refractivity contribution in [3.8, 4) is 0 Å². The van der Waals surface area contributed by atoms with Crippen molar-refractivity contribution in [3.63, 3.8) is 0 Å². The van der Waals surface area contributed by atoms with Crippen LogP contribution >= 0.6 is 23.2 Å². The third-order valence-electron chi connectivity index (χ3n) is 3.89. The Bertz CT molecular complexity index is 890. The van der Waals surface area contributed by atoms with Crippen molar-refractivity contribution in [1.82, 2.24) is 9.88 Å². The van der Waals surface area contributed by atoms with Crippen LogP contribution in [0.5, 0.6) is 0 Å².